The van der Waals surface area contributed by atoms with Crippen molar-refractivity contribution in [2.45, 2.75) is 31.4 Å². The van der Waals surface area contributed by atoms with E-state index in [0.717, 1.165) is 24.7 Å². The summed E-state index contributed by atoms with van der Waals surface area (Å²) in [7, 11) is 1.65. The number of thiazole rings is 1. The first kappa shape index (κ1) is 13.0. The van der Waals surface area contributed by atoms with Crippen molar-refractivity contribution >= 4 is 17.2 Å². The summed E-state index contributed by atoms with van der Waals surface area (Å²) < 4.78 is 5.48. The Balaban J connectivity index is 1.57. The quantitative estimate of drug-likeness (QED) is 0.893. The van der Waals surface area contributed by atoms with E-state index in [9.17, 15) is 4.79 Å². The van der Waals surface area contributed by atoms with Crippen molar-refractivity contribution in [3.05, 3.63) is 16.1 Å². The minimum atomic E-state index is -0.347. The zero-order chi connectivity index (χ0) is 13.2. The van der Waals surface area contributed by atoms with Crippen LogP contribution in [0.3, 0.4) is 0 Å². The van der Waals surface area contributed by atoms with Gasteiger partial charge in [0.05, 0.1) is 17.3 Å². The molecule has 1 atom stereocenters. The molecule has 1 unspecified atom stereocenters. The second-order valence-electron chi connectivity index (χ2n) is 5.16. The number of morpholine rings is 1. The fourth-order valence-electron chi connectivity index (χ4n) is 2.31. The fraction of sp³-hybridized carbons (Fsp3) is 0.692. The summed E-state index contributed by atoms with van der Waals surface area (Å²) in [4.78, 5) is 18.5. The zero-order valence-electron chi connectivity index (χ0n) is 11.1. The lowest BCUT2D eigenvalue weighted by Crippen LogP contribution is -2.48. The molecule has 1 aromatic rings. The van der Waals surface area contributed by atoms with Gasteiger partial charge in [-0.15, -0.1) is 11.3 Å². The molecular weight excluding hydrogens is 262 g/mol. The third kappa shape index (κ3) is 3.13. The number of carbonyl (C=O) groups excluding carboxylic acids is 1. The largest absolute Gasteiger partial charge is 0.366 e. The van der Waals surface area contributed by atoms with E-state index < -0.39 is 0 Å². The maximum Gasteiger partial charge on any atom is 0.250 e. The van der Waals surface area contributed by atoms with E-state index in [4.69, 9.17) is 9.72 Å². The van der Waals surface area contributed by atoms with E-state index in [0.29, 0.717) is 13.2 Å². The molecule has 1 aromatic heterocycles. The average molecular weight is 281 g/mol. The molecule has 2 fully saturated rings. The SMILES string of the molecule is CNC(=O)C1CN(Cc2csc(C3CC3)n2)CCO1. The molecule has 1 aliphatic heterocycles. The first-order valence-corrected chi connectivity index (χ1v) is 7.64. The summed E-state index contributed by atoms with van der Waals surface area (Å²) in [5, 5.41) is 6.08. The Morgan fingerprint density at radius 3 is 3.21 bits per heavy atom. The summed E-state index contributed by atoms with van der Waals surface area (Å²) >= 11 is 1.77. The second kappa shape index (κ2) is 5.56. The number of nitrogens with one attached hydrogen (secondary N) is 1. The second-order valence-corrected chi connectivity index (χ2v) is 6.05. The molecule has 0 spiro atoms. The molecular formula is C13H19N3O2S. The van der Waals surface area contributed by atoms with Gasteiger partial charge in [0, 0.05) is 38.0 Å². The minimum Gasteiger partial charge on any atom is -0.366 e. The van der Waals surface area contributed by atoms with Crippen LogP contribution in [-0.4, -0.2) is 48.6 Å². The zero-order valence-corrected chi connectivity index (χ0v) is 11.9. The van der Waals surface area contributed by atoms with Gasteiger partial charge in [-0.1, -0.05) is 0 Å². The number of hydrogen-bond donors (Lipinski definition) is 1. The monoisotopic (exact) mass is 281 g/mol. The molecule has 5 nitrogen and oxygen atoms in total. The van der Waals surface area contributed by atoms with Gasteiger partial charge in [0.25, 0.3) is 0 Å². The molecule has 3 rings (SSSR count). The summed E-state index contributed by atoms with van der Waals surface area (Å²) in [6, 6.07) is 0. The Labute approximate surface area is 117 Å². The molecule has 2 aliphatic rings. The lowest BCUT2D eigenvalue weighted by molar-refractivity contribution is -0.138. The summed E-state index contributed by atoms with van der Waals surface area (Å²) in [5.74, 6) is 0.684. The van der Waals surface area contributed by atoms with Crippen molar-refractivity contribution in [1.29, 1.82) is 0 Å². The molecule has 1 N–H and O–H groups in total. The highest BCUT2D eigenvalue weighted by atomic mass is 32.1. The van der Waals surface area contributed by atoms with Gasteiger partial charge in [-0.25, -0.2) is 4.98 Å². The standard InChI is InChI=1S/C13H19N3O2S/c1-14-12(17)11-7-16(4-5-18-11)6-10-8-19-13(15-10)9-2-3-9/h8-9,11H,2-7H2,1H3,(H,14,17). The number of aromatic nitrogens is 1. The van der Waals surface area contributed by atoms with Crippen LogP contribution >= 0.6 is 11.3 Å². The molecule has 104 valence electrons. The van der Waals surface area contributed by atoms with Crippen molar-refractivity contribution in [2.24, 2.45) is 0 Å². The van der Waals surface area contributed by atoms with Crippen LogP contribution in [0.4, 0.5) is 0 Å². The van der Waals surface area contributed by atoms with E-state index in [-0.39, 0.29) is 12.0 Å². The number of amides is 1. The summed E-state index contributed by atoms with van der Waals surface area (Å²) in [6.45, 7) is 2.94. The third-order valence-electron chi connectivity index (χ3n) is 3.57. The van der Waals surface area contributed by atoms with E-state index in [1.54, 1.807) is 18.4 Å². The predicted octanol–water partition coefficient (Wildman–Crippen LogP) is 0.967. The maximum absolute atomic E-state index is 11.6. The Bertz CT molecular complexity index is 458. The number of likely N-dealkylation sites (N-methyl/N-ethyl adjacent to an activating group) is 1. The molecule has 0 aromatic carbocycles. The Morgan fingerprint density at radius 1 is 1.63 bits per heavy atom. The molecule has 0 bridgehead atoms. The molecule has 19 heavy (non-hydrogen) atoms. The highest BCUT2D eigenvalue weighted by Crippen LogP contribution is 2.41. The van der Waals surface area contributed by atoms with Crippen molar-refractivity contribution in [1.82, 2.24) is 15.2 Å². The minimum absolute atomic E-state index is 0.0401. The van der Waals surface area contributed by atoms with Gasteiger partial charge in [-0.3, -0.25) is 9.69 Å². The highest BCUT2D eigenvalue weighted by molar-refractivity contribution is 7.09. The van der Waals surface area contributed by atoms with Crippen LogP contribution in [0.1, 0.15) is 29.5 Å². The Kier molecular flexibility index (Phi) is 3.81. The van der Waals surface area contributed by atoms with Gasteiger partial charge in [0.2, 0.25) is 5.91 Å². The van der Waals surface area contributed by atoms with Crippen molar-refractivity contribution in [2.75, 3.05) is 26.7 Å². The fourth-order valence-corrected chi connectivity index (χ4v) is 3.29. The number of carbonyl (C=O) groups is 1. The van der Waals surface area contributed by atoms with Crippen LogP contribution in [-0.2, 0) is 16.1 Å². The number of ether oxygens (including phenoxy) is 1. The Morgan fingerprint density at radius 2 is 2.47 bits per heavy atom. The van der Waals surface area contributed by atoms with Gasteiger partial charge < -0.3 is 10.1 Å². The molecule has 1 saturated heterocycles. The van der Waals surface area contributed by atoms with Crippen LogP contribution in [0.5, 0.6) is 0 Å². The summed E-state index contributed by atoms with van der Waals surface area (Å²) in [6.07, 6.45) is 2.24. The lowest BCUT2D eigenvalue weighted by Gasteiger charge is -2.31. The van der Waals surface area contributed by atoms with Gasteiger partial charge in [0.1, 0.15) is 6.10 Å². The van der Waals surface area contributed by atoms with Crippen LogP contribution in [0.2, 0.25) is 0 Å². The van der Waals surface area contributed by atoms with Gasteiger partial charge in [-0.05, 0) is 12.8 Å². The number of nitrogens with zero attached hydrogens (tertiary/aromatic N) is 2. The maximum atomic E-state index is 11.6. The molecule has 0 radical (unpaired) electrons. The van der Waals surface area contributed by atoms with Crippen molar-refractivity contribution in [3.63, 3.8) is 0 Å². The van der Waals surface area contributed by atoms with Crippen molar-refractivity contribution in [3.8, 4) is 0 Å². The highest BCUT2D eigenvalue weighted by Gasteiger charge is 2.28. The number of hydrogen-bond acceptors (Lipinski definition) is 5. The normalized spacial score (nSPS) is 24.4. The number of rotatable bonds is 4. The van der Waals surface area contributed by atoms with Gasteiger partial charge >= 0.3 is 0 Å². The van der Waals surface area contributed by atoms with E-state index in [1.165, 1.54) is 17.8 Å². The average Bonchev–Trinajstić information content (AvgIpc) is 3.19. The van der Waals surface area contributed by atoms with Crippen LogP contribution in [0, 0.1) is 0 Å². The molecule has 1 amide bonds. The lowest BCUT2D eigenvalue weighted by atomic mass is 10.2. The first-order chi connectivity index (χ1) is 9.26. The summed E-state index contributed by atoms with van der Waals surface area (Å²) in [5.41, 5.74) is 1.13. The van der Waals surface area contributed by atoms with E-state index >= 15 is 0 Å². The first-order valence-electron chi connectivity index (χ1n) is 6.76. The third-order valence-corrected chi connectivity index (χ3v) is 4.63. The molecule has 6 heteroatoms. The van der Waals surface area contributed by atoms with Crippen molar-refractivity contribution < 1.29 is 9.53 Å². The predicted molar refractivity (Wildman–Crippen MR) is 73.2 cm³/mol. The molecule has 1 saturated carbocycles. The van der Waals surface area contributed by atoms with Crippen LogP contribution in [0.15, 0.2) is 5.38 Å². The Hall–Kier alpha value is -0.980. The van der Waals surface area contributed by atoms with Gasteiger partial charge in [-0.2, -0.15) is 0 Å². The van der Waals surface area contributed by atoms with Gasteiger partial charge in [0.15, 0.2) is 0 Å². The van der Waals surface area contributed by atoms with E-state index in [2.05, 4.69) is 15.6 Å². The molecule has 1 aliphatic carbocycles. The van der Waals surface area contributed by atoms with Crippen LogP contribution in [0.25, 0.3) is 0 Å². The van der Waals surface area contributed by atoms with Crippen LogP contribution < -0.4 is 5.32 Å². The van der Waals surface area contributed by atoms with E-state index in [1.807, 2.05) is 0 Å². The smallest absolute Gasteiger partial charge is 0.250 e. The molecule has 2 heterocycles. The topological polar surface area (TPSA) is 54.5 Å².